The van der Waals surface area contributed by atoms with Crippen molar-refractivity contribution in [3.8, 4) is 0 Å². The molecule has 17 N–H and O–H groups in total. The summed E-state index contributed by atoms with van der Waals surface area (Å²) in [6, 6.07) is -2.56. The number of nitrogens with two attached hydrogens (primary N) is 5. The first-order valence-electron chi connectivity index (χ1n) is 20.2. The number of rotatable bonds is 22. The van der Waals surface area contributed by atoms with Crippen LogP contribution in [0.25, 0.3) is 11.2 Å². The molecule has 2 aliphatic rings. The molecule has 1 aliphatic heterocycles. The van der Waals surface area contributed by atoms with Crippen LogP contribution in [0.3, 0.4) is 0 Å². The Balaban J connectivity index is 1.13. The Labute approximate surface area is 346 Å². The smallest absolute Gasteiger partial charge is 0.280 e. The molecular weight excluding hydrogens is 790 g/mol. The van der Waals surface area contributed by atoms with Crippen molar-refractivity contribution in [3.63, 3.8) is 0 Å². The zero-order valence-corrected chi connectivity index (χ0v) is 34.1. The van der Waals surface area contributed by atoms with Crippen LogP contribution < -0.4 is 50.2 Å². The monoisotopic (exact) mass is 853 g/mol. The van der Waals surface area contributed by atoms with Crippen molar-refractivity contribution < 1.29 is 48.7 Å². The van der Waals surface area contributed by atoms with E-state index in [9.17, 15) is 39.3 Å². The van der Waals surface area contributed by atoms with Crippen LogP contribution in [-0.4, -0.2) is 170 Å². The molecule has 1 saturated heterocycles. The number of amides is 4. The molecule has 4 rings (SSSR count). The van der Waals surface area contributed by atoms with Crippen LogP contribution in [0.1, 0.15) is 58.8 Å². The number of hydrogen-bond acceptors (Lipinski definition) is 18. The summed E-state index contributed by atoms with van der Waals surface area (Å²) in [5, 5.41) is 39.6. The van der Waals surface area contributed by atoms with Crippen molar-refractivity contribution in [1.29, 1.82) is 0 Å². The lowest BCUT2D eigenvalue weighted by molar-refractivity contribution is -0.291. The quantitative estimate of drug-likeness (QED) is 0.0492. The van der Waals surface area contributed by atoms with E-state index >= 15 is 0 Å². The molecule has 0 aromatic carbocycles. The Morgan fingerprint density at radius 1 is 0.967 bits per heavy atom. The fourth-order valence-corrected chi connectivity index (χ4v) is 6.99. The summed E-state index contributed by atoms with van der Waals surface area (Å²) in [4.78, 5) is 74.6. The van der Waals surface area contributed by atoms with Crippen molar-refractivity contribution >= 4 is 40.7 Å². The average molecular weight is 854 g/mol. The maximum atomic E-state index is 13.3. The van der Waals surface area contributed by atoms with E-state index < -0.39 is 84.3 Å². The van der Waals surface area contributed by atoms with Gasteiger partial charge in [-0.15, -0.1) is 0 Å². The van der Waals surface area contributed by atoms with Gasteiger partial charge in [0, 0.05) is 63.8 Å². The molecule has 338 valence electrons. The van der Waals surface area contributed by atoms with Crippen molar-refractivity contribution in [3.05, 3.63) is 16.7 Å². The number of H-pyrrole nitrogens is 1. The van der Waals surface area contributed by atoms with Crippen LogP contribution in [-0.2, 0) is 39.9 Å². The Kier molecular flexibility index (Phi) is 18.5. The normalized spacial score (nSPS) is 26.8. The largest absolute Gasteiger partial charge is 0.389 e. The number of nitrogen functional groups attached to an aromatic ring is 1. The van der Waals surface area contributed by atoms with Gasteiger partial charge in [0.25, 0.3) is 5.56 Å². The summed E-state index contributed by atoms with van der Waals surface area (Å²) in [5.74, 6) is -1.75. The van der Waals surface area contributed by atoms with Gasteiger partial charge in [0.1, 0.15) is 37.1 Å². The highest BCUT2D eigenvalue weighted by molar-refractivity contribution is 5.86. The topological polar surface area (TPSA) is 390 Å². The van der Waals surface area contributed by atoms with Crippen LogP contribution in [0.5, 0.6) is 0 Å². The van der Waals surface area contributed by atoms with Gasteiger partial charge in [-0.25, -0.2) is 4.98 Å². The first-order chi connectivity index (χ1) is 28.5. The third-order valence-corrected chi connectivity index (χ3v) is 10.3. The van der Waals surface area contributed by atoms with Crippen molar-refractivity contribution in [1.82, 2.24) is 40.4 Å². The molecule has 0 spiro atoms. The van der Waals surface area contributed by atoms with E-state index in [0.29, 0.717) is 19.4 Å². The first-order valence-corrected chi connectivity index (χ1v) is 20.2. The zero-order valence-electron chi connectivity index (χ0n) is 34.1. The van der Waals surface area contributed by atoms with Gasteiger partial charge in [-0.3, -0.25) is 29.0 Å². The van der Waals surface area contributed by atoms with Gasteiger partial charge >= 0.3 is 0 Å². The third kappa shape index (κ3) is 13.6. The van der Waals surface area contributed by atoms with Crippen LogP contribution in [0.2, 0.25) is 0 Å². The van der Waals surface area contributed by atoms with Gasteiger partial charge in [0.2, 0.25) is 29.6 Å². The standard InChI is InChI=1S/C36H63N13O11/c1-18(2)45-24(52)15-48(25(53)16-49-17-44-27-33(49)46-36(41)47-34(27)57)11-10-43-23(51)8-7-22(50)42-9-5-3-4-6-12-58-32-28(54)19(38)13-20(39)31(32)60-35-26(40)30(56)29(55)21(14-37)59-35/h17-21,26,28-32,35,54-56H,3-16,37-40H2,1-2H3,(H,42,50)(H,43,51)(H,45,52)(H3,41,46,47,57). The van der Waals surface area contributed by atoms with E-state index in [-0.39, 0.29) is 87.7 Å². The van der Waals surface area contributed by atoms with Crippen molar-refractivity contribution in [2.75, 3.05) is 45.1 Å². The number of aliphatic hydroxyl groups excluding tert-OH is 3. The number of carbonyl (C=O) groups is 4. The van der Waals surface area contributed by atoms with Gasteiger partial charge in [0.15, 0.2) is 17.5 Å². The average Bonchev–Trinajstić information content (AvgIpc) is 3.59. The van der Waals surface area contributed by atoms with Gasteiger partial charge < -0.3 is 83.6 Å². The Hall–Kier alpha value is -4.37. The molecular formula is C36H63N13O11. The fraction of sp³-hybridized carbons (Fsp3) is 0.750. The summed E-state index contributed by atoms with van der Waals surface area (Å²) in [6.07, 6.45) is -3.43. The molecule has 0 radical (unpaired) electrons. The lowest BCUT2D eigenvalue weighted by atomic mass is 9.84. The number of nitrogens with one attached hydrogen (secondary N) is 4. The number of fused-ring (bicyclic) bond motifs is 1. The molecule has 2 aromatic heterocycles. The molecule has 24 nitrogen and oxygen atoms in total. The number of ether oxygens (including phenoxy) is 3. The summed E-state index contributed by atoms with van der Waals surface area (Å²) >= 11 is 0. The maximum absolute atomic E-state index is 13.3. The molecule has 0 bridgehead atoms. The Morgan fingerprint density at radius 2 is 1.65 bits per heavy atom. The van der Waals surface area contributed by atoms with E-state index in [1.807, 2.05) is 0 Å². The van der Waals surface area contributed by atoms with Gasteiger partial charge in [-0.1, -0.05) is 12.8 Å². The molecule has 4 amide bonds. The molecule has 1 saturated carbocycles. The Bertz CT molecular complexity index is 1780. The molecule has 1 aliphatic carbocycles. The van der Waals surface area contributed by atoms with Gasteiger partial charge in [-0.05, 0) is 33.1 Å². The molecule has 2 aromatic rings. The van der Waals surface area contributed by atoms with Crippen molar-refractivity contribution in [2.45, 2.75) is 132 Å². The number of aromatic amines is 1. The minimum Gasteiger partial charge on any atom is -0.389 e. The minimum absolute atomic E-state index is 0.00102. The highest BCUT2D eigenvalue weighted by atomic mass is 16.7. The van der Waals surface area contributed by atoms with Crippen LogP contribution in [0.4, 0.5) is 5.95 Å². The number of carbonyl (C=O) groups excluding carboxylic acids is 4. The highest BCUT2D eigenvalue weighted by Crippen LogP contribution is 2.29. The van der Waals surface area contributed by atoms with E-state index in [0.717, 1.165) is 12.8 Å². The fourth-order valence-electron chi connectivity index (χ4n) is 6.99. The highest BCUT2D eigenvalue weighted by Gasteiger charge is 2.48. The van der Waals surface area contributed by atoms with E-state index in [1.165, 1.54) is 15.8 Å². The number of anilines is 1. The van der Waals surface area contributed by atoms with Crippen LogP contribution >= 0.6 is 0 Å². The lowest BCUT2D eigenvalue weighted by Gasteiger charge is -2.46. The van der Waals surface area contributed by atoms with E-state index in [1.54, 1.807) is 13.8 Å². The second-order valence-corrected chi connectivity index (χ2v) is 15.5. The minimum atomic E-state index is -1.35. The second kappa shape index (κ2) is 23.0. The first kappa shape index (κ1) is 48.3. The van der Waals surface area contributed by atoms with Gasteiger partial charge in [0.05, 0.1) is 25.0 Å². The number of nitrogens with zero attached hydrogens (tertiary/aromatic N) is 4. The van der Waals surface area contributed by atoms with E-state index in [4.69, 9.17) is 42.9 Å². The molecule has 2 fully saturated rings. The van der Waals surface area contributed by atoms with Crippen LogP contribution in [0.15, 0.2) is 11.1 Å². The van der Waals surface area contributed by atoms with E-state index in [2.05, 4.69) is 30.9 Å². The summed E-state index contributed by atoms with van der Waals surface area (Å²) in [7, 11) is 0. The number of aliphatic hydroxyl groups is 3. The summed E-state index contributed by atoms with van der Waals surface area (Å²) < 4.78 is 19.1. The predicted octanol–water partition coefficient (Wildman–Crippen LogP) is -5.45. The number of imidazole rings is 1. The summed E-state index contributed by atoms with van der Waals surface area (Å²) in [6.45, 7) is 3.55. The molecule has 10 atom stereocenters. The zero-order chi connectivity index (χ0) is 44.1. The molecule has 10 unspecified atom stereocenters. The molecule has 60 heavy (non-hydrogen) atoms. The number of unbranched alkanes of at least 4 members (excludes halogenated alkanes) is 3. The molecule has 24 heteroatoms. The lowest BCUT2D eigenvalue weighted by Crippen LogP contribution is -2.67. The number of hydrogen-bond donors (Lipinski definition) is 12. The Morgan fingerprint density at radius 3 is 2.33 bits per heavy atom. The second-order valence-electron chi connectivity index (χ2n) is 15.5. The van der Waals surface area contributed by atoms with Crippen LogP contribution in [0, 0.1) is 0 Å². The van der Waals surface area contributed by atoms with Gasteiger partial charge in [-0.2, -0.15) is 4.98 Å². The maximum Gasteiger partial charge on any atom is 0.280 e. The predicted molar refractivity (Wildman–Crippen MR) is 215 cm³/mol. The third-order valence-electron chi connectivity index (χ3n) is 10.3. The molecule has 3 heterocycles. The SMILES string of the molecule is CC(C)NC(=O)CN(CCNC(=O)CCC(=O)NCCCCCCOC1C(O)C(N)CC(N)C1OC1OC(CN)C(O)C(O)C1N)C(=O)Cn1cnc2c(=O)[nH]c(N)nc21. The number of aromatic nitrogens is 4. The summed E-state index contributed by atoms with van der Waals surface area (Å²) in [5.41, 5.74) is 29.4. The van der Waals surface area contributed by atoms with Crippen molar-refractivity contribution in [2.24, 2.45) is 22.9 Å².